The average molecular weight is 397 g/mol. The molecule has 0 saturated heterocycles. The highest BCUT2D eigenvalue weighted by Gasteiger charge is 2.15. The number of hydrogen-bond acceptors (Lipinski definition) is 6. The third-order valence-electron chi connectivity index (χ3n) is 4.35. The van der Waals surface area contributed by atoms with E-state index in [9.17, 15) is 4.79 Å². The Kier molecular flexibility index (Phi) is 6.29. The summed E-state index contributed by atoms with van der Waals surface area (Å²) in [4.78, 5) is 12.6. The molecule has 0 atom stereocenters. The first-order valence-electron chi connectivity index (χ1n) is 8.90. The fourth-order valence-corrected chi connectivity index (χ4v) is 2.88. The number of benzene rings is 2. The zero-order valence-corrected chi connectivity index (χ0v) is 16.8. The summed E-state index contributed by atoms with van der Waals surface area (Å²) in [5.74, 6) is 3.04. The Morgan fingerprint density at radius 2 is 1.52 bits per heavy atom. The van der Waals surface area contributed by atoms with Gasteiger partial charge in [-0.3, -0.25) is 4.79 Å². The molecule has 3 aromatic rings. The number of rotatable bonds is 8. The van der Waals surface area contributed by atoms with Crippen molar-refractivity contribution in [2.75, 3.05) is 33.8 Å². The van der Waals surface area contributed by atoms with E-state index in [1.54, 1.807) is 58.8 Å². The molecule has 0 unspecified atom stereocenters. The fourth-order valence-electron chi connectivity index (χ4n) is 2.88. The molecule has 0 aliphatic rings. The Morgan fingerprint density at radius 1 is 0.828 bits per heavy atom. The number of nitrogens with one attached hydrogen (secondary N) is 1. The van der Waals surface area contributed by atoms with Crippen molar-refractivity contribution in [1.82, 2.24) is 0 Å². The first-order chi connectivity index (χ1) is 14.1. The molecule has 1 heterocycles. The smallest absolute Gasteiger partial charge is 0.291 e. The Labute approximate surface area is 169 Å². The maximum Gasteiger partial charge on any atom is 0.291 e. The third kappa shape index (κ3) is 4.82. The van der Waals surface area contributed by atoms with Crippen LogP contribution in [0.4, 0.5) is 5.69 Å². The van der Waals surface area contributed by atoms with E-state index < -0.39 is 0 Å². The molecule has 1 N–H and O–H groups in total. The van der Waals surface area contributed by atoms with Crippen LogP contribution in [0.2, 0.25) is 0 Å². The zero-order valence-electron chi connectivity index (χ0n) is 16.8. The van der Waals surface area contributed by atoms with Gasteiger partial charge in [-0.25, -0.2) is 0 Å². The Bertz CT molecular complexity index is 972. The van der Waals surface area contributed by atoms with Gasteiger partial charge in [0.25, 0.3) is 5.91 Å². The molecular weight excluding hydrogens is 374 g/mol. The molecule has 3 rings (SSSR count). The fraction of sp³-hybridized carbons (Fsp3) is 0.227. The van der Waals surface area contributed by atoms with Crippen LogP contribution in [0, 0.1) is 0 Å². The summed E-state index contributed by atoms with van der Waals surface area (Å²) in [7, 11) is 6.31. The van der Waals surface area contributed by atoms with Crippen molar-refractivity contribution in [3.8, 4) is 23.0 Å². The van der Waals surface area contributed by atoms with Crippen LogP contribution in [0.1, 0.15) is 21.9 Å². The summed E-state index contributed by atoms with van der Waals surface area (Å²) in [6.45, 7) is 0. The van der Waals surface area contributed by atoms with Crippen molar-refractivity contribution in [2.45, 2.75) is 6.42 Å². The molecule has 2 aromatic carbocycles. The van der Waals surface area contributed by atoms with Crippen LogP contribution in [-0.2, 0) is 6.42 Å². The lowest BCUT2D eigenvalue weighted by atomic mass is 10.1. The van der Waals surface area contributed by atoms with Crippen LogP contribution in [0.3, 0.4) is 0 Å². The largest absolute Gasteiger partial charge is 0.497 e. The topological polar surface area (TPSA) is 79.2 Å². The number of hydrogen-bond donors (Lipinski definition) is 1. The van der Waals surface area contributed by atoms with Crippen LogP contribution in [-0.4, -0.2) is 34.3 Å². The van der Waals surface area contributed by atoms with Crippen LogP contribution in [0.25, 0.3) is 0 Å². The van der Waals surface area contributed by atoms with Crippen molar-refractivity contribution in [3.05, 3.63) is 65.6 Å². The lowest BCUT2D eigenvalue weighted by Gasteiger charge is -2.10. The van der Waals surface area contributed by atoms with Gasteiger partial charge in [0.15, 0.2) is 5.76 Å². The molecule has 0 aliphatic heterocycles. The van der Waals surface area contributed by atoms with Crippen molar-refractivity contribution < 1.29 is 28.2 Å². The van der Waals surface area contributed by atoms with Gasteiger partial charge in [-0.15, -0.1) is 0 Å². The first kappa shape index (κ1) is 20.1. The highest BCUT2D eigenvalue weighted by Crippen LogP contribution is 2.28. The number of amides is 1. The number of ether oxygens (including phenoxy) is 4. The van der Waals surface area contributed by atoms with Crippen molar-refractivity contribution in [1.29, 1.82) is 0 Å². The van der Waals surface area contributed by atoms with Gasteiger partial charge in [-0.05, 0) is 30.3 Å². The van der Waals surface area contributed by atoms with Crippen LogP contribution in [0.5, 0.6) is 23.0 Å². The number of carbonyl (C=O) groups is 1. The first-order valence-corrected chi connectivity index (χ1v) is 8.90. The molecule has 0 bridgehead atoms. The second-order valence-electron chi connectivity index (χ2n) is 6.18. The normalized spacial score (nSPS) is 10.3. The minimum atomic E-state index is -0.371. The number of anilines is 1. The van der Waals surface area contributed by atoms with Gasteiger partial charge >= 0.3 is 0 Å². The highest BCUT2D eigenvalue weighted by molar-refractivity contribution is 6.02. The molecule has 7 nitrogen and oxygen atoms in total. The van der Waals surface area contributed by atoms with Gasteiger partial charge in [-0.2, -0.15) is 0 Å². The van der Waals surface area contributed by atoms with Crippen molar-refractivity contribution >= 4 is 11.6 Å². The minimum absolute atomic E-state index is 0.198. The predicted molar refractivity (Wildman–Crippen MR) is 109 cm³/mol. The molecule has 0 spiro atoms. The lowest BCUT2D eigenvalue weighted by Crippen LogP contribution is -2.11. The standard InChI is InChI=1S/C22H23NO6/c1-25-16-5-7-20(28-4)14(9-16)10-17-6-8-21(29-17)22(24)23-15-11-18(26-2)13-19(12-15)27-3/h5-9,11-13H,10H2,1-4H3,(H,23,24). The minimum Gasteiger partial charge on any atom is -0.497 e. The van der Waals surface area contributed by atoms with Crippen LogP contribution < -0.4 is 24.3 Å². The highest BCUT2D eigenvalue weighted by atomic mass is 16.5. The predicted octanol–water partition coefficient (Wildman–Crippen LogP) is 4.16. The maximum atomic E-state index is 12.6. The number of carbonyl (C=O) groups excluding carboxylic acids is 1. The molecule has 0 fully saturated rings. The summed E-state index contributed by atoms with van der Waals surface area (Å²) in [5.41, 5.74) is 1.43. The molecule has 152 valence electrons. The average Bonchev–Trinajstić information content (AvgIpc) is 3.22. The summed E-state index contributed by atoms with van der Waals surface area (Å²) < 4.78 is 26.8. The molecule has 0 radical (unpaired) electrons. The van der Waals surface area contributed by atoms with Crippen molar-refractivity contribution in [2.24, 2.45) is 0 Å². The Balaban J connectivity index is 1.76. The molecule has 1 aromatic heterocycles. The molecular formula is C22H23NO6. The van der Waals surface area contributed by atoms with Gasteiger partial charge in [0, 0.05) is 35.9 Å². The molecule has 29 heavy (non-hydrogen) atoms. The van der Waals surface area contributed by atoms with E-state index in [0.717, 1.165) is 17.1 Å². The molecule has 0 saturated carbocycles. The maximum absolute atomic E-state index is 12.6. The van der Waals surface area contributed by atoms with E-state index in [2.05, 4.69) is 5.32 Å². The number of furan rings is 1. The second kappa shape index (κ2) is 9.05. The van der Waals surface area contributed by atoms with E-state index >= 15 is 0 Å². The Morgan fingerprint density at radius 3 is 2.14 bits per heavy atom. The van der Waals surface area contributed by atoms with E-state index in [1.165, 1.54) is 0 Å². The number of methoxy groups -OCH3 is 4. The monoisotopic (exact) mass is 397 g/mol. The zero-order chi connectivity index (χ0) is 20.8. The molecule has 7 heteroatoms. The second-order valence-corrected chi connectivity index (χ2v) is 6.18. The summed E-state index contributed by atoms with van der Waals surface area (Å²) in [6, 6.07) is 14.1. The quantitative estimate of drug-likeness (QED) is 0.615. The summed E-state index contributed by atoms with van der Waals surface area (Å²) in [5, 5.41) is 2.79. The van der Waals surface area contributed by atoms with Gasteiger partial charge in [0.05, 0.1) is 28.4 Å². The summed E-state index contributed by atoms with van der Waals surface area (Å²) in [6.07, 6.45) is 0.459. The van der Waals surface area contributed by atoms with Crippen LogP contribution >= 0.6 is 0 Å². The van der Waals surface area contributed by atoms with E-state index in [0.29, 0.717) is 29.4 Å². The summed E-state index contributed by atoms with van der Waals surface area (Å²) >= 11 is 0. The third-order valence-corrected chi connectivity index (χ3v) is 4.35. The van der Waals surface area contributed by atoms with Gasteiger partial charge < -0.3 is 28.7 Å². The van der Waals surface area contributed by atoms with Crippen LogP contribution in [0.15, 0.2) is 52.9 Å². The van der Waals surface area contributed by atoms with Crippen molar-refractivity contribution in [3.63, 3.8) is 0 Å². The lowest BCUT2D eigenvalue weighted by molar-refractivity contribution is 0.0995. The SMILES string of the molecule is COc1cc(NC(=O)c2ccc(Cc3cc(OC)ccc3OC)o2)cc(OC)c1. The molecule has 0 aliphatic carbocycles. The Hall–Kier alpha value is -3.61. The van der Waals surface area contributed by atoms with Gasteiger partial charge in [0.1, 0.15) is 28.8 Å². The van der Waals surface area contributed by atoms with Gasteiger partial charge in [0.2, 0.25) is 0 Å². The van der Waals surface area contributed by atoms with E-state index in [1.807, 2.05) is 18.2 Å². The van der Waals surface area contributed by atoms with Gasteiger partial charge in [-0.1, -0.05) is 0 Å². The van der Waals surface area contributed by atoms with E-state index in [4.69, 9.17) is 23.4 Å². The van der Waals surface area contributed by atoms with E-state index in [-0.39, 0.29) is 11.7 Å². The molecule has 1 amide bonds.